The number of sulfonamides is 1. The number of piperidine rings is 1. The molecule has 5 nitrogen and oxygen atoms in total. The molecule has 1 amide bonds. The average molecular weight is 345 g/mol. The first-order valence-corrected chi connectivity index (χ1v) is 9.48. The van der Waals surface area contributed by atoms with Gasteiger partial charge in [-0.25, -0.2) is 8.42 Å². The van der Waals surface area contributed by atoms with E-state index in [2.05, 4.69) is 0 Å². The fourth-order valence-electron chi connectivity index (χ4n) is 2.79. The number of amides is 1. The lowest BCUT2D eigenvalue weighted by Crippen LogP contribution is -2.51. The summed E-state index contributed by atoms with van der Waals surface area (Å²) in [6.07, 6.45) is 3.41. The Morgan fingerprint density at radius 1 is 1.41 bits per heavy atom. The van der Waals surface area contributed by atoms with Crippen LogP contribution >= 0.6 is 11.6 Å². The minimum atomic E-state index is -3.37. The Hall–Kier alpha value is -1.11. The van der Waals surface area contributed by atoms with Gasteiger partial charge in [-0.1, -0.05) is 30.2 Å². The highest BCUT2D eigenvalue weighted by Gasteiger charge is 2.35. The topological polar surface area (TPSA) is 57.7 Å². The molecule has 22 heavy (non-hydrogen) atoms. The van der Waals surface area contributed by atoms with Gasteiger partial charge in [-0.2, -0.15) is 4.31 Å². The molecule has 1 aromatic carbocycles. The Morgan fingerprint density at radius 3 is 2.77 bits per heavy atom. The Balaban J connectivity index is 2.11. The van der Waals surface area contributed by atoms with E-state index in [1.165, 1.54) is 4.31 Å². The summed E-state index contributed by atoms with van der Waals surface area (Å²) >= 11 is 5.95. The molecule has 0 aromatic heterocycles. The molecule has 0 saturated carbocycles. The summed E-state index contributed by atoms with van der Waals surface area (Å²) in [7, 11) is -1.68. The standard InChI is InChI=1S/C15H21ClN2O3S/c1-17(11-12-6-5-7-13(16)10-12)15(19)14-8-3-4-9-18(14)22(2,20)21/h5-7,10,14H,3-4,8-9,11H2,1-2H3/t14-/m1/s1. The molecule has 0 bridgehead atoms. The molecule has 7 heteroatoms. The van der Waals surface area contributed by atoms with Gasteiger partial charge in [0, 0.05) is 25.2 Å². The van der Waals surface area contributed by atoms with E-state index in [1.807, 2.05) is 12.1 Å². The number of benzene rings is 1. The fourth-order valence-corrected chi connectivity index (χ4v) is 4.12. The van der Waals surface area contributed by atoms with Gasteiger partial charge in [0.1, 0.15) is 6.04 Å². The van der Waals surface area contributed by atoms with Crippen LogP contribution in [0.3, 0.4) is 0 Å². The predicted molar refractivity (Wildman–Crippen MR) is 87.1 cm³/mol. The Kier molecular flexibility index (Phi) is 5.47. The molecule has 1 fully saturated rings. The molecule has 1 aliphatic heterocycles. The normalized spacial score (nSPS) is 19.9. The van der Waals surface area contributed by atoms with Gasteiger partial charge in [0.2, 0.25) is 15.9 Å². The Bertz CT molecular complexity index is 648. The summed E-state index contributed by atoms with van der Waals surface area (Å²) in [5, 5.41) is 0.619. The van der Waals surface area contributed by atoms with Crippen molar-refractivity contribution in [1.82, 2.24) is 9.21 Å². The third kappa shape index (κ3) is 4.21. The molecule has 1 heterocycles. The first kappa shape index (κ1) is 17.2. The lowest BCUT2D eigenvalue weighted by Gasteiger charge is -2.35. The maximum Gasteiger partial charge on any atom is 0.241 e. The smallest absolute Gasteiger partial charge is 0.241 e. The first-order chi connectivity index (χ1) is 10.3. The maximum absolute atomic E-state index is 12.6. The molecule has 122 valence electrons. The van der Waals surface area contributed by atoms with E-state index in [1.54, 1.807) is 24.1 Å². The van der Waals surface area contributed by atoms with Crippen molar-refractivity contribution >= 4 is 27.5 Å². The van der Waals surface area contributed by atoms with Crippen molar-refractivity contribution in [2.24, 2.45) is 0 Å². The fraction of sp³-hybridized carbons (Fsp3) is 0.533. The number of carbonyl (C=O) groups is 1. The molecule has 0 N–H and O–H groups in total. The van der Waals surface area contributed by atoms with Crippen LogP contribution in [0, 0.1) is 0 Å². The molecule has 2 rings (SSSR count). The summed E-state index contributed by atoms with van der Waals surface area (Å²) in [6.45, 7) is 0.827. The van der Waals surface area contributed by atoms with Crippen LogP contribution in [0.1, 0.15) is 24.8 Å². The number of hydrogen-bond donors (Lipinski definition) is 0. The van der Waals surface area contributed by atoms with Crippen LogP contribution in [-0.4, -0.2) is 49.4 Å². The second kappa shape index (κ2) is 6.98. The van der Waals surface area contributed by atoms with Gasteiger partial charge < -0.3 is 4.90 Å². The summed E-state index contributed by atoms with van der Waals surface area (Å²) in [5.41, 5.74) is 0.921. The quantitative estimate of drug-likeness (QED) is 0.840. The van der Waals surface area contributed by atoms with Crippen LogP contribution < -0.4 is 0 Å². The van der Waals surface area contributed by atoms with Crippen molar-refractivity contribution in [3.05, 3.63) is 34.9 Å². The van der Waals surface area contributed by atoms with Crippen molar-refractivity contribution < 1.29 is 13.2 Å². The first-order valence-electron chi connectivity index (χ1n) is 7.25. The van der Waals surface area contributed by atoms with E-state index in [4.69, 9.17) is 11.6 Å². The van der Waals surface area contributed by atoms with Crippen molar-refractivity contribution in [3.8, 4) is 0 Å². The highest BCUT2D eigenvalue weighted by atomic mass is 35.5. The van der Waals surface area contributed by atoms with Crippen LogP contribution in [0.4, 0.5) is 0 Å². The third-order valence-corrected chi connectivity index (χ3v) is 5.37. The van der Waals surface area contributed by atoms with Crippen molar-refractivity contribution in [1.29, 1.82) is 0 Å². The Morgan fingerprint density at radius 2 is 2.14 bits per heavy atom. The zero-order valence-corrected chi connectivity index (χ0v) is 14.4. The summed E-state index contributed by atoms with van der Waals surface area (Å²) in [4.78, 5) is 14.2. The van der Waals surface area contributed by atoms with Crippen molar-refractivity contribution in [3.63, 3.8) is 0 Å². The number of nitrogens with zero attached hydrogens (tertiary/aromatic N) is 2. The molecule has 1 aromatic rings. The van der Waals surface area contributed by atoms with E-state index >= 15 is 0 Å². The largest absolute Gasteiger partial charge is 0.340 e. The lowest BCUT2D eigenvalue weighted by molar-refractivity contribution is -0.135. The van der Waals surface area contributed by atoms with Crippen LogP contribution in [0.25, 0.3) is 0 Å². The van der Waals surface area contributed by atoms with Gasteiger partial charge in [-0.3, -0.25) is 4.79 Å². The van der Waals surface area contributed by atoms with Gasteiger partial charge in [-0.05, 0) is 30.5 Å². The number of likely N-dealkylation sites (N-methyl/N-ethyl adjacent to an activating group) is 1. The average Bonchev–Trinajstić information content (AvgIpc) is 2.45. The second-order valence-electron chi connectivity index (χ2n) is 5.71. The second-order valence-corrected chi connectivity index (χ2v) is 8.08. The van der Waals surface area contributed by atoms with Crippen molar-refractivity contribution in [2.45, 2.75) is 31.8 Å². The molecule has 1 saturated heterocycles. The maximum atomic E-state index is 12.6. The zero-order valence-electron chi connectivity index (χ0n) is 12.8. The van der Waals surface area contributed by atoms with Crippen molar-refractivity contribution in [2.75, 3.05) is 19.8 Å². The molecule has 1 aliphatic rings. The van der Waals surface area contributed by atoms with Gasteiger partial charge in [0.25, 0.3) is 0 Å². The van der Waals surface area contributed by atoms with Gasteiger partial charge in [-0.15, -0.1) is 0 Å². The highest BCUT2D eigenvalue weighted by molar-refractivity contribution is 7.88. The Labute approximate surface area is 136 Å². The van der Waals surface area contributed by atoms with E-state index < -0.39 is 16.1 Å². The predicted octanol–water partition coefficient (Wildman–Crippen LogP) is 2.11. The summed E-state index contributed by atoms with van der Waals surface area (Å²) in [6, 6.07) is 6.72. The van der Waals surface area contributed by atoms with Gasteiger partial charge >= 0.3 is 0 Å². The van der Waals surface area contributed by atoms with E-state index in [-0.39, 0.29) is 5.91 Å². The molecule has 0 unspecified atom stereocenters. The van der Waals surface area contributed by atoms with E-state index in [9.17, 15) is 13.2 Å². The van der Waals surface area contributed by atoms with Gasteiger partial charge in [0.05, 0.1) is 6.26 Å². The van der Waals surface area contributed by atoms with E-state index in [0.29, 0.717) is 24.5 Å². The molecular weight excluding hydrogens is 324 g/mol. The van der Waals surface area contributed by atoms with Crippen LogP contribution in [-0.2, 0) is 21.4 Å². The zero-order chi connectivity index (χ0) is 16.3. The minimum absolute atomic E-state index is 0.162. The molecular formula is C15H21ClN2O3S. The highest BCUT2D eigenvalue weighted by Crippen LogP contribution is 2.22. The van der Waals surface area contributed by atoms with Crippen LogP contribution in [0.2, 0.25) is 5.02 Å². The number of hydrogen-bond acceptors (Lipinski definition) is 3. The van der Waals surface area contributed by atoms with Crippen LogP contribution in [0.5, 0.6) is 0 Å². The summed E-state index contributed by atoms with van der Waals surface area (Å²) < 4.78 is 25.1. The molecule has 1 atom stereocenters. The minimum Gasteiger partial charge on any atom is -0.340 e. The molecule has 0 radical (unpaired) electrons. The lowest BCUT2D eigenvalue weighted by atomic mass is 10.0. The van der Waals surface area contributed by atoms with Crippen LogP contribution in [0.15, 0.2) is 24.3 Å². The summed E-state index contributed by atoms with van der Waals surface area (Å²) in [5.74, 6) is -0.162. The number of carbonyl (C=O) groups excluding carboxylic acids is 1. The SMILES string of the molecule is CN(Cc1cccc(Cl)c1)C(=O)[C@H]1CCCCN1S(C)(=O)=O. The molecule has 0 spiro atoms. The number of halogens is 1. The molecule has 0 aliphatic carbocycles. The van der Waals surface area contributed by atoms with E-state index in [0.717, 1.165) is 24.7 Å². The number of rotatable bonds is 4. The third-order valence-electron chi connectivity index (χ3n) is 3.85. The monoisotopic (exact) mass is 344 g/mol. The van der Waals surface area contributed by atoms with Gasteiger partial charge in [0.15, 0.2) is 0 Å².